The van der Waals surface area contributed by atoms with Gasteiger partial charge in [-0.1, -0.05) is 12.1 Å². The van der Waals surface area contributed by atoms with Crippen molar-refractivity contribution in [2.75, 3.05) is 26.0 Å². The summed E-state index contributed by atoms with van der Waals surface area (Å²) in [7, 11) is 4.07. The highest BCUT2D eigenvalue weighted by atomic mass is 16.3. The van der Waals surface area contributed by atoms with E-state index in [1.165, 1.54) is 0 Å². The minimum Gasteiger partial charge on any atom is -0.468 e. The molecule has 6 nitrogen and oxygen atoms in total. The summed E-state index contributed by atoms with van der Waals surface area (Å²) in [5.74, 6) is 2.37. The van der Waals surface area contributed by atoms with Crippen molar-refractivity contribution < 1.29 is 4.42 Å². The van der Waals surface area contributed by atoms with Crippen LogP contribution < -0.4 is 5.32 Å². The van der Waals surface area contributed by atoms with E-state index < -0.39 is 0 Å². The second kappa shape index (κ2) is 7.55. The van der Waals surface area contributed by atoms with Gasteiger partial charge < -0.3 is 9.73 Å². The average molecular weight is 359 g/mol. The first-order chi connectivity index (χ1) is 13.2. The monoisotopic (exact) mass is 359 g/mol. The molecule has 4 aromatic rings. The molecule has 0 radical (unpaired) electrons. The Morgan fingerprint density at radius 3 is 2.67 bits per heavy atom. The van der Waals surface area contributed by atoms with E-state index in [-0.39, 0.29) is 6.04 Å². The summed E-state index contributed by atoms with van der Waals surface area (Å²) < 4.78 is 5.60. The molecule has 27 heavy (non-hydrogen) atoms. The molecule has 3 aromatic heterocycles. The number of hydrogen-bond donors (Lipinski definition) is 1. The largest absolute Gasteiger partial charge is 0.468 e. The highest BCUT2D eigenvalue weighted by molar-refractivity contribution is 5.90. The SMILES string of the molecule is CN(C)[C@@H](CNc1nc(-c2cccnc2)nc2ccccc12)c1ccco1. The molecule has 0 saturated carbocycles. The van der Waals surface area contributed by atoms with Gasteiger partial charge in [0.2, 0.25) is 0 Å². The van der Waals surface area contributed by atoms with Crippen LogP contribution in [0, 0.1) is 0 Å². The van der Waals surface area contributed by atoms with E-state index >= 15 is 0 Å². The molecule has 0 amide bonds. The third-order valence-electron chi connectivity index (χ3n) is 4.48. The Morgan fingerprint density at radius 2 is 1.93 bits per heavy atom. The van der Waals surface area contributed by atoms with Crippen LogP contribution in [0.4, 0.5) is 5.82 Å². The smallest absolute Gasteiger partial charge is 0.163 e. The maximum absolute atomic E-state index is 5.60. The molecule has 0 unspecified atom stereocenters. The summed E-state index contributed by atoms with van der Waals surface area (Å²) in [6, 6.07) is 15.9. The number of nitrogens with zero attached hydrogens (tertiary/aromatic N) is 4. The van der Waals surface area contributed by atoms with Crippen molar-refractivity contribution in [3.63, 3.8) is 0 Å². The van der Waals surface area contributed by atoms with Crippen molar-refractivity contribution in [3.05, 3.63) is 72.9 Å². The van der Waals surface area contributed by atoms with E-state index in [0.717, 1.165) is 28.0 Å². The molecule has 3 heterocycles. The van der Waals surface area contributed by atoms with Gasteiger partial charge in [-0.3, -0.25) is 9.88 Å². The fraction of sp³-hybridized carbons (Fsp3) is 0.190. The van der Waals surface area contributed by atoms with Crippen molar-refractivity contribution in [1.29, 1.82) is 0 Å². The lowest BCUT2D eigenvalue weighted by molar-refractivity contribution is 0.269. The quantitative estimate of drug-likeness (QED) is 0.561. The number of para-hydroxylation sites is 1. The molecule has 0 bridgehead atoms. The predicted octanol–water partition coefficient (Wildman–Crippen LogP) is 4.00. The Morgan fingerprint density at radius 1 is 1.04 bits per heavy atom. The Hall–Kier alpha value is -3.25. The van der Waals surface area contributed by atoms with Crippen LogP contribution in [0.3, 0.4) is 0 Å². The summed E-state index contributed by atoms with van der Waals surface area (Å²) in [6.45, 7) is 0.661. The molecule has 136 valence electrons. The summed E-state index contributed by atoms with van der Waals surface area (Å²) in [5.41, 5.74) is 1.79. The van der Waals surface area contributed by atoms with Crippen molar-refractivity contribution in [2.45, 2.75) is 6.04 Å². The van der Waals surface area contributed by atoms with Gasteiger partial charge in [0, 0.05) is 29.9 Å². The van der Waals surface area contributed by atoms with Crippen molar-refractivity contribution in [1.82, 2.24) is 19.9 Å². The minimum absolute atomic E-state index is 0.0931. The van der Waals surface area contributed by atoms with Crippen LogP contribution in [0.25, 0.3) is 22.3 Å². The first kappa shape index (κ1) is 17.2. The molecule has 0 aliphatic carbocycles. The lowest BCUT2D eigenvalue weighted by atomic mass is 10.2. The molecular formula is C21H21N5O. The summed E-state index contributed by atoms with van der Waals surface area (Å²) in [6.07, 6.45) is 5.22. The number of anilines is 1. The Labute approximate surface area is 157 Å². The first-order valence-corrected chi connectivity index (χ1v) is 8.83. The second-order valence-corrected chi connectivity index (χ2v) is 6.53. The zero-order valence-corrected chi connectivity index (χ0v) is 15.3. The lowest BCUT2D eigenvalue weighted by Gasteiger charge is -2.23. The zero-order chi connectivity index (χ0) is 18.6. The summed E-state index contributed by atoms with van der Waals surface area (Å²) in [5, 5.41) is 4.48. The van der Waals surface area contributed by atoms with Gasteiger partial charge in [0.05, 0.1) is 17.8 Å². The Balaban J connectivity index is 1.70. The number of aromatic nitrogens is 3. The van der Waals surface area contributed by atoms with Crippen molar-refractivity contribution in [3.8, 4) is 11.4 Å². The minimum atomic E-state index is 0.0931. The number of pyridine rings is 1. The van der Waals surface area contributed by atoms with E-state index in [1.807, 2.05) is 62.6 Å². The van der Waals surface area contributed by atoms with Gasteiger partial charge >= 0.3 is 0 Å². The average Bonchev–Trinajstić information content (AvgIpc) is 3.22. The van der Waals surface area contributed by atoms with Crippen LogP contribution in [0.15, 0.2) is 71.6 Å². The van der Waals surface area contributed by atoms with Gasteiger partial charge in [-0.2, -0.15) is 0 Å². The number of rotatable bonds is 6. The van der Waals surface area contributed by atoms with Gasteiger partial charge in [0.25, 0.3) is 0 Å². The molecule has 1 aromatic carbocycles. The lowest BCUT2D eigenvalue weighted by Crippen LogP contribution is -2.26. The van der Waals surface area contributed by atoms with Gasteiger partial charge in [0.1, 0.15) is 11.6 Å². The van der Waals surface area contributed by atoms with E-state index in [0.29, 0.717) is 12.4 Å². The highest BCUT2D eigenvalue weighted by Gasteiger charge is 2.18. The Kier molecular flexibility index (Phi) is 4.80. The van der Waals surface area contributed by atoms with Crippen LogP contribution in [-0.4, -0.2) is 40.5 Å². The normalized spacial score (nSPS) is 12.4. The van der Waals surface area contributed by atoms with Gasteiger partial charge in [0.15, 0.2) is 5.82 Å². The van der Waals surface area contributed by atoms with Gasteiger partial charge in [-0.25, -0.2) is 9.97 Å². The third-order valence-corrected chi connectivity index (χ3v) is 4.48. The molecule has 1 N–H and O–H groups in total. The van der Waals surface area contributed by atoms with Gasteiger partial charge in [-0.05, 0) is 50.5 Å². The van der Waals surface area contributed by atoms with Crippen LogP contribution in [0.5, 0.6) is 0 Å². The van der Waals surface area contributed by atoms with E-state index in [9.17, 15) is 0 Å². The van der Waals surface area contributed by atoms with Crippen molar-refractivity contribution in [2.24, 2.45) is 0 Å². The first-order valence-electron chi connectivity index (χ1n) is 8.83. The second-order valence-electron chi connectivity index (χ2n) is 6.53. The number of hydrogen-bond acceptors (Lipinski definition) is 6. The molecule has 0 fully saturated rings. The predicted molar refractivity (Wildman–Crippen MR) is 106 cm³/mol. The molecule has 4 rings (SSSR count). The highest BCUT2D eigenvalue weighted by Crippen LogP contribution is 2.26. The van der Waals surface area contributed by atoms with E-state index in [1.54, 1.807) is 18.7 Å². The molecule has 0 saturated heterocycles. The number of nitrogens with one attached hydrogen (secondary N) is 1. The number of fused-ring (bicyclic) bond motifs is 1. The summed E-state index contributed by atoms with van der Waals surface area (Å²) >= 11 is 0. The molecule has 0 spiro atoms. The van der Waals surface area contributed by atoms with Crippen LogP contribution in [0.2, 0.25) is 0 Å². The Bertz CT molecular complexity index is 1020. The standard InChI is InChI=1S/C21H21N5O/c1-26(2)18(19-10-6-12-27-19)14-23-21-16-8-3-4-9-17(16)24-20(25-21)15-7-5-11-22-13-15/h3-13,18H,14H2,1-2H3,(H,23,24,25)/t18-/m0/s1. The number of furan rings is 1. The maximum Gasteiger partial charge on any atom is 0.163 e. The maximum atomic E-state index is 5.60. The van der Waals surface area contributed by atoms with E-state index in [4.69, 9.17) is 14.4 Å². The van der Waals surface area contributed by atoms with Gasteiger partial charge in [-0.15, -0.1) is 0 Å². The fourth-order valence-corrected chi connectivity index (χ4v) is 3.05. The molecular weight excluding hydrogens is 338 g/mol. The third kappa shape index (κ3) is 3.66. The van der Waals surface area contributed by atoms with E-state index in [2.05, 4.69) is 15.2 Å². The van der Waals surface area contributed by atoms with Crippen molar-refractivity contribution >= 4 is 16.7 Å². The topological polar surface area (TPSA) is 67.1 Å². The van der Waals surface area contributed by atoms with Crippen LogP contribution >= 0.6 is 0 Å². The van der Waals surface area contributed by atoms with Crippen LogP contribution in [-0.2, 0) is 0 Å². The van der Waals surface area contributed by atoms with Crippen LogP contribution in [0.1, 0.15) is 11.8 Å². The number of likely N-dealkylation sites (N-methyl/N-ethyl adjacent to an activating group) is 1. The molecule has 6 heteroatoms. The molecule has 1 atom stereocenters. The summed E-state index contributed by atoms with van der Waals surface area (Å²) in [4.78, 5) is 15.8. The zero-order valence-electron chi connectivity index (χ0n) is 15.3. The fourth-order valence-electron chi connectivity index (χ4n) is 3.05. The molecule has 0 aliphatic rings. The number of benzene rings is 1. The molecule has 0 aliphatic heterocycles.